The molecule has 0 radical (unpaired) electrons. The average Bonchev–Trinajstić information content (AvgIpc) is 3.56. The average molecular weight is 557 g/mol. The zero-order valence-electron chi connectivity index (χ0n) is 22.4. The van der Waals surface area contributed by atoms with Gasteiger partial charge in [-0.1, -0.05) is 48.2 Å². The summed E-state index contributed by atoms with van der Waals surface area (Å²) in [6.45, 7) is 6.32. The van der Waals surface area contributed by atoms with Gasteiger partial charge in [-0.2, -0.15) is 0 Å². The van der Waals surface area contributed by atoms with Crippen LogP contribution in [0.4, 0.5) is 11.4 Å². The molecule has 5 rings (SSSR count). The molecular weight excluding hydrogens is 528 g/mol. The molecule has 0 spiro atoms. The summed E-state index contributed by atoms with van der Waals surface area (Å²) in [5, 5.41) is 23.4. The minimum Gasteiger partial charge on any atom is -0.345 e. The van der Waals surface area contributed by atoms with Crippen molar-refractivity contribution in [3.05, 3.63) is 104 Å². The summed E-state index contributed by atoms with van der Waals surface area (Å²) in [4.78, 5) is 38.7. The highest BCUT2D eigenvalue weighted by Crippen LogP contribution is 2.30. The van der Waals surface area contributed by atoms with Crippen molar-refractivity contribution in [3.8, 4) is 5.69 Å². The predicted octanol–water partition coefficient (Wildman–Crippen LogP) is 4.71. The first kappa shape index (κ1) is 27.1. The first-order chi connectivity index (χ1) is 19.2. The van der Waals surface area contributed by atoms with E-state index in [4.69, 9.17) is 0 Å². The van der Waals surface area contributed by atoms with E-state index in [2.05, 4.69) is 15.5 Å². The summed E-state index contributed by atoms with van der Waals surface area (Å²) in [6, 6.07) is 18.2. The van der Waals surface area contributed by atoms with Gasteiger partial charge in [0.15, 0.2) is 11.0 Å². The van der Waals surface area contributed by atoms with Crippen molar-refractivity contribution in [3.63, 3.8) is 0 Å². The topological polar surface area (TPSA) is 123 Å². The van der Waals surface area contributed by atoms with Crippen LogP contribution >= 0.6 is 11.8 Å². The van der Waals surface area contributed by atoms with Gasteiger partial charge in [-0.05, 0) is 62.1 Å². The van der Waals surface area contributed by atoms with Gasteiger partial charge in [-0.25, -0.2) is 0 Å². The first-order valence-electron chi connectivity index (χ1n) is 12.8. The molecule has 1 aliphatic rings. The second-order valence-corrected chi connectivity index (χ2v) is 10.5. The highest BCUT2D eigenvalue weighted by molar-refractivity contribution is 7.99. The highest BCUT2D eigenvalue weighted by atomic mass is 32.2. The fraction of sp³-hybridized carbons (Fsp3) is 0.241. The molecule has 0 bridgehead atoms. The number of hydrogen-bond acceptors (Lipinski definition) is 7. The lowest BCUT2D eigenvalue weighted by Gasteiger charge is -2.18. The third kappa shape index (κ3) is 5.32. The molecule has 0 unspecified atom stereocenters. The Hall–Kier alpha value is -4.51. The van der Waals surface area contributed by atoms with E-state index in [1.54, 1.807) is 19.1 Å². The number of carbonyl (C=O) groups is 2. The predicted molar refractivity (Wildman–Crippen MR) is 153 cm³/mol. The largest absolute Gasteiger partial charge is 0.345 e. The van der Waals surface area contributed by atoms with Gasteiger partial charge in [-0.3, -0.25) is 24.3 Å². The van der Waals surface area contributed by atoms with Crippen LogP contribution < -0.4 is 10.2 Å². The molecule has 1 N–H and O–H groups in total. The number of nitro benzene ring substituents is 1. The molecule has 0 aliphatic carbocycles. The van der Waals surface area contributed by atoms with E-state index in [-0.39, 0.29) is 29.5 Å². The fourth-order valence-electron chi connectivity index (χ4n) is 4.74. The van der Waals surface area contributed by atoms with Crippen molar-refractivity contribution in [2.45, 2.75) is 38.9 Å². The van der Waals surface area contributed by atoms with Crippen molar-refractivity contribution in [2.24, 2.45) is 0 Å². The smallest absolute Gasteiger partial charge is 0.273 e. The normalized spacial score (nSPS) is 12.3. The molecule has 1 aromatic heterocycles. The minimum absolute atomic E-state index is 0.0127. The van der Waals surface area contributed by atoms with Gasteiger partial charge in [0.2, 0.25) is 5.91 Å². The van der Waals surface area contributed by atoms with E-state index in [9.17, 15) is 19.7 Å². The van der Waals surface area contributed by atoms with Crippen molar-refractivity contribution >= 4 is 35.0 Å². The number of carbonyl (C=O) groups excluding carboxylic acids is 2. The number of nitro groups is 1. The van der Waals surface area contributed by atoms with E-state index in [1.165, 1.54) is 17.8 Å². The zero-order chi connectivity index (χ0) is 28.4. The Morgan fingerprint density at radius 1 is 1.00 bits per heavy atom. The number of hydrogen-bond donors (Lipinski definition) is 1. The number of amides is 2. The van der Waals surface area contributed by atoms with E-state index in [0.29, 0.717) is 23.1 Å². The van der Waals surface area contributed by atoms with E-state index >= 15 is 0 Å². The van der Waals surface area contributed by atoms with Crippen LogP contribution in [0.1, 0.15) is 38.4 Å². The SMILES string of the molecule is Cc1ccc(C(=O)NCc2nnc(SCC(=O)N3CCc4ccccc43)n2-c2cccc(C)c2C)cc1[N+](=O)[O-]. The number of thioether (sulfide) groups is 1. The highest BCUT2D eigenvalue weighted by Gasteiger charge is 2.26. The summed E-state index contributed by atoms with van der Waals surface area (Å²) >= 11 is 1.29. The molecule has 0 atom stereocenters. The number of nitrogens with one attached hydrogen (secondary N) is 1. The van der Waals surface area contributed by atoms with Crippen molar-refractivity contribution < 1.29 is 14.5 Å². The van der Waals surface area contributed by atoms with Crippen LogP contribution in [-0.4, -0.2) is 43.8 Å². The van der Waals surface area contributed by atoms with Gasteiger partial charge in [-0.15, -0.1) is 10.2 Å². The summed E-state index contributed by atoms with van der Waals surface area (Å²) < 4.78 is 1.86. The van der Waals surface area contributed by atoms with Gasteiger partial charge in [0, 0.05) is 29.4 Å². The Labute approximate surface area is 235 Å². The zero-order valence-corrected chi connectivity index (χ0v) is 23.2. The molecule has 10 nitrogen and oxygen atoms in total. The molecule has 2 amide bonds. The Balaban J connectivity index is 1.38. The lowest BCUT2D eigenvalue weighted by atomic mass is 10.1. The monoisotopic (exact) mass is 556 g/mol. The van der Waals surface area contributed by atoms with Crippen LogP contribution in [0.15, 0.2) is 65.8 Å². The summed E-state index contributed by atoms with van der Waals surface area (Å²) in [7, 11) is 0. The van der Waals surface area contributed by atoms with E-state index in [0.717, 1.165) is 34.5 Å². The second-order valence-electron chi connectivity index (χ2n) is 9.61. The standard InChI is InChI=1S/C29H28N6O4S/c1-18-7-6-10-23(20(18)3)34-26(16-30-28(37)22-12-11-19(2)25(15-22)35(38)39)31-32-29(34)40-17-27(36)33-14-13-21-8-4-5-9-24(21)33/h4-12,15H,13-14,16-17H2,1-3H3,(H,30,37). The molecule has 2 heterocycles. The van der Waals surface area contributed by atoms with Gasteiger partial charge < -0.3 is 10.2 Å². The summed E-state index contributed by atoms with van der Waals surface area (Å²) in [6.07, 6.45) is 0.833. The van der Waals surface area contributed by atoms with E-state index in [1.807, 2.05) is 65.8 Å². The number of rotatable bonds is 8. The number of anilines is 1. The van der Waals surface area contributed by atoms with Gasteiger partial charge in [0.05, 0.1) is 22.9 Å². The molecule has 0 saturated carbocycles. The van der Waals surface area contributed by atoms with Gasteiger partial charge in [0.25, 0.3) is 11.6 Å². The maximum Gasteiger partial charge on any atom is 0.273 e. The molecule has 0 fully saturated rings. The molecule has 40 heavy (non-hydrogen) atoms. The van der Waals surface area contributed by atoms with Crippen LogP contribution in [0.5, 0.6) is 0 Å². The summed E-state index contributed by atoms with van der Waals surface area (Å²) in [5.41, 5.74) is 5.60. The molecule has 204 valence electrons. The Morgan fingerprint density at radius 3 is 2.58 bits per heavy atom. The number of fused-ring (bicyclic) bond motifs is 1. The van der Waals surface area contributed by atoms with Crippen LogP contribution in [-0.2, 0) is 17.8 Å². The second kappa shape index (κ2) is 11.3. The van der Waals surface area contributed by atoms with Crippen molar-refractivity contribution in [2.75, 3.05) is 17.2 Å². The maximum atomic E-state index is 13.2. The van der Waals surface area contributed by atoms with E-state index < -0.39 is 10.8 Å². The van der Waals surface area contributed by atoms with Crippen LogP contribution in [0.25, 0.3) is 5.69 Å². The molecule has 4 aromatic rings. The maximum absolute atomic E-state index is 13.2. The molecule has 11 heteroatoms. The molecule has 1 aliphatic heterocycles. The third-order valence-electron chi connectivity index (χ3n) is 7.11. The fourth-order valence-corrected chi connectivity index (χ4v) is 5.58. The van der Waals surface area contributed by atoms with Crippen LogP contribution in [0.2, 0.25) is 0 Å². The number of nitrogens with zero attached hydrogens (tertiary/aromatic N) is 5. The van der Waals surface area contributed by atoms with Crippen LogP contribution in [0.3, 0.4) is 0 Å². The molecule has 0 saturated heterocycles. The molecular formula is C29H28N6O4S. The van der Waals surface area contributed by atoms with Gasteiger partial charge in [0.1, 0.15) is 0 Å². The number of para-hydroxylation sites is 1. The Kier molecular flexibility index (Phi) is 7.65. The lowest BCUT2D eigenvalue weighted by molar-refractivity contribution is -0.385. The Bertz CT molecular complexity index is 1630. The quantitative estimate of drug-likeness (QED) is 0.189. The third-order valence-corrected chi connectivity index (χ3v) is 8.02. The van der Waals surface area contributed by atoms with Gasteiger partial charge >= 0.3 is 0 Å². The Morgan fingerprint density at radius 2 is 1.77 bits per heavy atom. The number of benzene rings is 3. The number of aryl methyl sites for hydroxylation is 2. The van der Waals surface area contributed by atoms with Crippen LogP contribution in [0, 0.1) is 30.9 Å². The minimum atomic E-state index is -0.505. The molecule has 3 aromatic carbocycles. The lowest BCUT2D eigenvalue weighted by Crippen LogP contribution is -2.30. The van der Waals surface area contributed by atoms with Crippen molar-refractivity contribution in [1.82, 2.24) is 20.1 Å². The number of aromatic nitrogens is 3. The summed E-state index contributed by atoms with van der Waals surface area (Å²) in [5.74, 6) is 0.179. The first-order valence-corrected chi connectivity index (χ1v) is 13.8. The van der Waals surface area contributed by atoms with Crippen molar-refractivity contribution in [1.29, 1.82) is 0 Å².